The number of hydrazone groups is 1. The lowest BCUT2D eigenvalue weighted by molar-refractivity contribution is -0.137. The van der Waals surface area contributed by atoms with Gasteiger partial charge in [-0.05, 0) is 12.1 Å². The molecule has 0 saturated heterocycles. The standard InChI is InChI=1S/C17H11F3N6/c18-17(19,20)12-7-3-1-5-10(12)9-21-25-16-23-15-14(24-26-16)11-6-2-4-8-13(11)22-15/h1-9H,(H2,22,23,25,26)/b21-9+. The summed E-state index contributed by atoms with van der Waals surface area (Å²) in [5.74, 6) is 0.0739. The molecule has 26 heavy (non-hydrogen) atoms. The second-order valence-electron chi connectivity index (χ2n) is 5.46. The predicted molar refractivity (Wildman–Crippen MR) is 91.9 cm³/mol. The Bertz CT molecular complexity index is 1120. The molecule has 4 rings (SSSR count). The second-order valence-corrected chi connectivity index (χ2v) is 5.46. The summed E-state index contributed by atoms with van der Waals surface area (Å²) < 4.78 is 38.9. The molecule has 0 radical (unpaired) electrons. The number of H-pyrrole nitrogens is 1. The molecule has 4 aromatic rings. The van der Waals surface area contributed by atoms with E-state index < -0.39 is 11.7 Å². The van der Waals surface area contributed by atoms with Crippen LogP contribution in [0.4, 0.5) is 19.1 Å². The Labute approximate surface area is 144 Å². The van der Waals surface area contributed by atoms with Gasteiger partial charge in [-0.1, -0.05) is 36.4 Å². The summed E-state index contributed by atoms with van der Waals surface area (Å²) in [5.41, 5.74) is 3.66. The topological polar surface area (TPSA) is 78.8 Å². The van der Waals surface area contributed by atoms with Crippen LogP contribution in [0.2, 0.25) is 0 Å². The zero-order valence-corrected chi connectivity index (χ0v) is 13.1. The van der Waals surface area contributed by atoms with Crippen molar-refractivity contribution in [3.8, 4) is 0 Å². The summed E-state index contributed by atoms with van der Waals surface area (Å²) in [6.07, 6.45) is -3.38. The van der Waals surface area contributed by atoms with Gasteiger partial charge in [0, 0.05) is 16.5 Å². The van der Waals surface area contributed by atoms with E-state index >= 15 is 0 Å². The van der Waals surface area contributed by atoms with Gasteiger partial charge in [0.15, 0.2) is 5.65 Å². The molecule has 9 heteroatoms. The Kier molecular flexibility index (Phi) is 3.76. The van der Waals surface area contributed by atoms with Crippen LogP contribution in [0.25, 0.3) is 22.1 Å². The highest BCUT2D eigenvalue weighted by Gasteiger charge is 2.32. The summed E-state index contributed by atoms with van der Waals surface area (Å²) >= 11 is 0. The van der Waals surface area contributed by atoms with Crippen molar-refractivity contribution in [2.24, 2.45) is 5.10 Å². The zero-order chi connectivity index (χ0) is 18.1. The predicted octanol–water partition coefficient (Wildman–Crippen LogP) is 3.97. The first kappa shape index (κ1) is 16.0. The maximum atomic E-state index is 13.0. The van der Waals surface area contributed by atoms with Crippen LogP contribution in [0.3, 0.4) is 0 Å². The first-order valence-corrected chi connectivity index (χ1v) is 7.59. The van der Waals surface area contributed by atoms with Crippen LogP contribution >= 0.6 is 0 Å². The van der Waals surface area contributed by atoms with Crippen molar-refractivity contribution < 1.29 is 13.2 Å². The van der Waals surface area contributed by atoms with Crippen LogP contribution < -0.4 is 5.43 Å². The van der Waals surface area contributed by atoms with E-state index in [4.69, 9.17) is 0 Å². The minimum atomic E-state index is -4.45. The normalized spacial score (nSPS) is 12.3. The van der Waals surface area contributed by atoms with Crippen LogP contribution in [0, 0.1) is 0 Å². The molecule has 0 atom stereocenters. The molecule has 0 unspecified atom stereocenters. The molecule has 6 nitrogen and oxygen atoms in total. The SMILES string of the molecule is FC(F)(F)c1ccccc1/C=N/Nc1nnc2c(n1)[nH]c1ccccc12. The Hall–Kier alpha value is -3.49. The number of anilines is 1. The highest BCUT2D eigenvalue weighted by Crippen LogP contribution is 2.31. The molecule has 2 heterocycles. The molecular formula is C17H11F3N6. The molecule has 2 aromatic heterocycles. The highest BCUT2D eigenvalue weighted by molar-refractivity contribution is 6.03. The van der Waals surface area contributed by atoms with Crippen molar-refractivity contribution in [2.75, 3.05) is 5.43 Å². The molecule has 2 aromatic carbocycles. The number of nitrogens with one attached hydrogen (secondary N) is 2. The first-order chi connectivity index (χ1) is 12.5. The van der Waals surface area contributed by atoms with Crippen LogP contribution in [0.15, 0.2) is 53.6 Å². The van der Waals surface area contributed by atoms with E-state index in [0.29, 0.717) is 11.2 Å². The highest BCUT2D eigenvalue weighted by atomic mass is 19.4. The number of rotatable bonds is 3. The first-order valence-electron chi connectivity index (χ1n) is 7.59. The van der Waals surface area contributed by atoms with E-state index in [1.807, 2.05) is 24.3 Å². The largest absolute Gasteiger partial charge is 0.417 e. The van der Waals surface area contributed by atoms with Crippen molar-refractivity contribution in [2.45, 2.75) is 6.18 Å². The van der Waals surface area contributed by atoms with Crippen LogP contribution in [0.1, 0.15) is 11.1 Å². The smallest absolute Gasteiger partial charge is 0.338 e. The third-order valence-corrected chi connectivity index (χ3v) is 3.76. The summed E-state index contributed by atoms with van der Waals surface area (Å²) in [4.78, 5) is 7.34. The summed E-state index contributed by atoms with van der Waals surface area (Å²) in [7, 11) is 0. The van der Waals surface area contributed by atoms with Gasteiger partial charge in [0.25, 0.3) is 5.95 Å². The van der Waals surface area contributed by atoms with Crippen LogP contribution in [0.5, 0.6) is 0 Å². The number of benzene rings is 2. The average Bonchev–Trinajstić information content (AvgIpc) is 2.99. The van der Waals surface area contributed by atoms with Gasteiger partial charge in [0.1, 0.15) is 5.52 Å². The Balaban J connectivity index is 1.60. The fourth-order valence-corrected chi connectivity index (χ4v) is 2.60. The fourth-order valence-electron chi connectivity index (χ4n) is 2.60. The average molecular weight is 356 g/mol. The molecule has 0 amide bonds. The second kappa shape index (κ2) is 6.10. The monoisotopic (exact) mass is 356 g/mol. The molecule has 0 aliphatic rings. The molecule has 0 aliphatic carbocycles. The maximum absolute atomic E-state index is 13.0. The fraction of sp³-hybridized carbons (Fsp3) is 0.0588. The number of aromatic amines is 1. The van der Waals surface area contributed by atoms with Gasteiger partial charge in [-0.2, -0.15) is 23.3 Å². The number of alkyl halides is 3. The van der Waals surface area contributed by atoms with Crippen molar-refractivity contribution >= 4 is 34.2 Å². The van der Waals surface area contributed by atoms with Crippen molar-refractivity contribution in [1.82, 2.24) is 20.2 Å². The number of aromatic nitrogens is 4. The lowest BCUT2D eigenvalue weighted by atomic mass is 10.1. The van der Waals surface area contributed by atoms with E-state index in [1.54, 1.807) is 0 Å². The third kappa shape index (κ3) is 2.94. The number of para-hydroxylation sites is 1. The summed E-state index contributed by atoms with van der Waals surface area (Å²) in [6, 6.07) is 12.7. The van der Waals surface area contributed by atoms with E-state index in [1.165, 1.54) is 18.2 Å². The number of hydrogen-bond acceptors (Lipinski definition) is 5. The third-order valence-electron chi connectivity index (χ3n) is 3.76. The number of hydrogen-bond donors (Lipinski definition) is 2. The number of fused-ring (bicyclic) bond motifs is 3. The van der Waals surface area contributed by atoms with Gasteiger partial charge in [-0.3, -0.25) is 0 Å². The number of halogens is 3. The van der Waals surface area contributed by atoms with Crippen LogP contribution in [-0.2, 0) is 6.18 Å². The molecular weight excluding hydrogens is 345 g/mol. The molecule has 130 valence electrons. The summed E-state index contributed by atoms with van der Waals surface area (Å²) in [5, 5.41) is 12.7. The van der Waals surface area contributed by atoms with Gasteiger partial charge in [0.05, 0.1) is 11.8 Å². The van der Waals surface area contributed by atoms with E-state index in [-0.39, 0.29) is 11.5 Å². The summed E-state index contributed by atoms with van der Waals surface area (Å²) in [6.45, 7) is 0. The maximum Gasteiger partial charge on any atom is 0.417 e. The minimum Gasteiger partial charge on any atom is -0.338 e. The van der Waals surface area contributed by atoms with Gasteiger partial charge in [-0.15, -0.1) is 10.2 Å². The Morgan fingerprint density at radius 2 is 1.77 bits per heavy atom. The Morgan fingerprint density at radius 1 is 1.00 bits per heavy atom. The Morgan fingerprint density at radius 3 is 2.62 bits per heavy atom. The van der Waals surface area contributed by atoms with Gasteiger partial charge < -0.3 is 4.98 Å². The van der Waals surface area contributed by atoms with E-state index in [2.05, 4.69) is 30.7 Å². The van der Waals surface area contributed by atoms with Crippen molar-refractivity contribution in [1.29, 1.82) is 0 Å². The molecule has 0 fully saturated rings. The quantitative estimate of drug-likeness (QED) is 0.430. The molecule has 2 N–H and O–H groups in total. The molecule has 0 bridgehead atoms. The molecule has 0 saturated carbocycles. The molecule has 0 spiro atoms. The minimum absolute atomic E-state index is 0.0628. The van der Waals surface area contributed by atoms with Gasteiger partial charge in [0.2, 0.25) is 0 Å². The van der Waals surface area contributed by atoms with Crippen molar-refractivity contribution in [3.63, 3.8) is 0 Å². The molecule has 0 aliphatic heterocycles. The van der Waals surface area contributed by atoms with E-state index in [9.17, 15) is 13.2 Å². The van der Waals surface area contributed by atoms with Gasteiger partial charge >= 0.3 is 6.18 Å². The number of nitrogens with zero attached hydrogens (tertiary/aromatic N) is 4. The zero-order valence-electron chi connectivity index (χ0n) is 13.1. The van der Waals surface area contributed by atoms with Crippen LogP contribution in [-0.4, -0.2) is 26.4 Å². The van der Waals surface area contributed by atoms with Gasteiger partial charge in [-0.25, -0.2) is 5.43 Å². The van der Waals surface area contributed by atoms with Crippen molar-refractivity contribution in [3.05, 3.63) is 59.7 Å². The lowest BCUT2D eigenvalue weighted by Gasteiger charge is -2.09. The lowest BCUT2D eigenvalue weighted by Crippen LogP contribution is -2.09. The van der Waals surface area contributed by atoms with E-state index in [0.717, 1.165) is 23.2 Å².